The molecule has 0 unspecified atom stereocenters. The lowest BCUT2D eigenvalue weighted by molar-refractivity contribution is -0.184. The molecular weight excluding hydrogens is 1280 g/mol. The third-order valence-electron chi connectivity index (χ3n) is 16.0. The van der Waals surface area contributed by atoms with E-state index in [0.29, 0.717) is 56.1 Å². The first-order valence-corrected chi connectivity index (χ1v) is 28.9. The summed E-state index contributed by atoms with van der Waals surface area (Å²) in [6.45, 7) is 1.37. The first kappa shape index (κ1) is 74.7. The second-order valence-electron chi connectivity index (χ2n) is 22.4. The number of carboxylic acid groups (broad SMARTS) is 2. The Labute approximate surface area is 535 Å². The Morgan fingerprint density at radius 3 is 0.916 bits per heavy atom. The van der Waals surface area contributed by atoms with Gasteiger partial charge in [0.25, 0.3) is 0 Å². The van der Waals surface area contributed by atoms with Gasteiger partial charge in [-0.15, -0.1) is 90.3 Å². The number of terminal acetylenes is 4. The molecule has 9 rings (SSSR count). The molecule has 4 aromatic carbocycles. The highest BCUT2D eigenvalue weighted by Gasteiger charge is 2.67. The van der Waals surface area contributed by atoms with Gasteiger partial charge in [0.05, 0.1) is 36.1 Å². The first-order chi connectivity index (χ1) is 44.5. The van der Waals surface area contributed by atoms with Crippen molar-refractivity contribution in [1.29, 1.82) is 0 Å². The number of aliphatic carboxylic acids is 2. The molecule has 0 amide bonds. The fraction of sp³-hybridized carbons (Fsp3) is 0.446. The smallest absolute Gasteiger partial charge is 0.442 e. The van der Waals surface area contributed by atoms with Crippen molar-refractivity contribution in [2.75, 3.05) is 0 Å². The number of ketones is 1. The molecule has 504 valence electrons. The predicted molar refractivity (Wildman–Crippen MR) is 311 cm³/mol. The van der Waals surface area contributed by atoms with E-state index in [1.807, 2.05) is 0 Å². The number of hydrogen-bond donors (Lipinski definition) is 5. The SMILES string of the molecule is C#CC[C@@H](C(=O)O)[C@@H](O)CCc1ccc(C2(C(F)(F)F)N=N2)cc1.C#CC[C@@H](C(=O)O)[C@H](O)CCc1ccc(C2(C(F)(F)F)N=N2)cc1.C#CC[C@@H](C(C)=O)[C@@H](O)CCc1ccc(C2(C(F)(F)F)N=N2)cc1.C#CC[C@H]1C(=O)O[C@H]1CCc1ccc(C2(C(F)(F)F)N=N2)cc1. The second-order valence-corrected chi connectivity index (χ2v) is 22.4. The topological polar surface area (TPSA) is 278 Å². The minimum absolute atomic E-state index is 0.00836. The highest BCUT2D eigenvalue weighted by Crippen LogP contribution is 2.55. The van der Waals surface area contributed by atoms with Crippen LogP contribution in [0.2, 0.25) is 0 Å². The second kappa shape index (κ2) is 30.4. The first-order valence-electron chi connectivity index (χ1n) is 28.9. The molecule has 0 spiro atoms. The number of aryl methyl sites for hydroxylation is 4. The van der Waals surface area contributed by atoms with Crippen molar-refractivity contribution >= 4 is 23.7 Å². The Morgan fingerprint density at radius 1 is 0.453 bits per heavy atom. The largest absolute Gasteiger partial charge is 0.481 e. The summed E-state index contributed by atoms with van der Waals surface area (Å²) >= 11 is 0. The number of hydrogen-bond acceptors (Lipinski definition) is 16. The summed E-state index contributed by atoms with van der Waals surface area (Å²) in [7, 11) is 0. The van der Waals surface area contributed by atoms with Gasteiger partial charge in [-0.25, -0.2) is 0 Å². The molecule has 30 heteroatoms. The van der Waals surface area contributed by atoms with Gasteiger partial charge in [-0.2, -0.15) is 52.7 Å². The summed E-state index contributed by atoms with van der Waals surface area (Å²) in [6.07, 6.45) is 2.08. The molecule has 5 heterocycles. The molecule has 18 nitrogen and oxygen atoms in total. The molecule has 5 aliphatic heterocycles. The van der Waals surface area contributed by atoms with Crippen molar-refractivity contribution in [1.82, 2.24) is 0 Å². The van der Waals surface area contributed by atoms with Crippen LogP contribution in [0.4, 0.5) is 52.7 Å². The molecular formula is C65H60F12N8O10. The van der Waals surface area contributed by atoms with E-state index in [1.165, 1.54) is 79.7 Å². The molecule has 8 atom stereocenters. The Morgan fingerprint density at radius 2 is 0.705 bits per heavy atom. The number of nitrogens with zero attached hydrogens (tertiary/aromatic N) is 8. The average Bonchev–Trinajstić information content (AvgIpc) is 1.61. The van der Waals surface area contributed by atoms with Gasteiger partial charge in [-0.05, 0) is 80.5 Å². The number of esters is 1. The van der Waals surface area contributed by atoms with Gasteiger partial charge in [0.2, 0.25) is 0 Å². The third-order valence-corrected chi connectivity index (χ3v) is 16.0. The number of carboxylic acids is 2. The maximum absolute atomic E-state index is 12.9. The fourth-order valence-electron chi connectivity index (χ4n) is 9.95. The Hall–Kier alpha value is -9.36. The number of alkyl halides is 12. The van der Waals surface area contributed by atoms with Crippen molar-refractivity contribution in [3.8, 4) is 49.4 Å². The van der Waals surface area contributed by atoms with Crippen LogP contribution in [0.25, 0.3) is 0 Å². The summed E-state index contributed by atoms with van der Waals surface area (Å²) in [5.74, 6) is 3.38. The highest BCUT2D eigenvalue weighted by atomic mass is 19.4. The number of Topliss-reactive ketones (excluding diaryl/α,β-unsaturated/α-hetero) is 1. The lowest BCUT2D eigenvalue weighted by Gasteiger charge is -2.34. The molecule has 0 aromatic heterocycles. The van der Waals surface area contributed by atoms with Gasteiger partial charge in [0.1, 0.15) is 17.8 Å². The standard InChI is InChI=1S/C17H17F3N2O2.2C16H15F3N2O3.C16H13F3N2O2/c1-3-4-14(11(2)23)15(24)10-7-12-5-8-13(9-6-12)16(21-22-16)17(18,19)20;2*1-2-3-12(14(23)24)13(22)9-6-10-4-7-11(8-5-10)15(20-21-15)16(17,18)19;1-2-3-12-13(23-14(12)22)9-6-10-4-7-11(8-5-10)15(20-21-15)16(17,18)19/h1,5-6,8-9,14-15,24H,4,7,10H2,2H3;2*1,4-5,7-8,12-13,22H,3,6,9H2,(H,23,24);1,4-5,7-8,12-13H,3,6,9H2/t14-,15-;12-,13+;12-,13-;12-,13+/m0111/s1. The quantitative estimate of drug-likeness (QED) is 0.0225. The van der Waals surface area contributed by atoms with Gasteiger partial charge in [-0.3, -0.25) is 19.2 Å². The number of aliphatic hydroxyl groups excluding tert-OH is 3. The minimum Gasteiger partial charge on any atom is -0.481 e. The number of rotatable bonds is 26. The molecule has 95 heavy (non-hydrogen) atoms. The van der Waals surface area contributed by atoms with Gasteiger partial charge >= 0.3 is 65.3 Å². The maximum Gasteiger partial charge on any atom is 0.442 e. The molecule has 5 N–H and O–H groups in total. The number of aliphatic hydroxyl groups is 3. The lowest BCUT2D eigenvalue weighted by atomic mass is 9.89. The molecule has 1 saturated heterocycles. The van der Waals surface area contributed by atoms with Crippen LogP contribution in [0.1, 0.15) is 103 Å². The van der Waals surface area contributed by atoms with Gasteiger partial charge in [0.15, 0.2) is 0 Å². The third kappa shape index (κ3) is 18.1. The van der Waals surface area contributed by atoms with Crippen LogP contribution in [0.3, 0.4) is 0 Å². The van der Waals surface area contributed by atoms with Gasteiger partial charge < -0.3 is 30.3 Å². The molecule has 0 aliphatic carbocycles. The summed E-state index contributed by atoms with van der Waals surface area (Å²) in [4.78, 5) is 44.7. The van der Waals surface area contributed by atoms with Crippen molar-refractivity contribution in [3.63, 3.8) is 0 Å². The summed E-state index contributed by atoms with van der Waals surface area (Å²) in [6, 6.07) is 22.8. The van der Waals surface area contributed by atoms with Crippen molar-refractivity contribution in [2.45, 2.75) is 156 Å². The van der Waals surface area contributed by atoms with Crippen LogP contribution < -0.4 is 0 Å². The molecule has 0 radical (unpaired) electrons. The average molecular weight is 1340 g/mol. The Balaban J connectivity index is 0.000000201. The van der Waals surface area contributed by atoms with Crippen LogP contribution in [0.5, 0.6) is 0 Å². The van der Waals surface area contributed by atoms with E-state index in [0.717, 1.165) is 11.1 Å². The van der Waals surface area contributed by atoms with Crippen LogP contribution >= 0.6 is 0 Å². The summed E-state index contributed by atoms with van der Waals surface area (Å²) < 4.78 is 160. The number of carbonyl (C=O) groups excluding carboxylic acids is 2. The molecule has 5 aliphatic rings. The van der Waals surface area contributed by atoms with E-state index in [9.17, 15) is 87.2 Å². The maximum atomic E-state index is 12.9. The fourth-order valence-corrected chi connectivity index (χ4v) is 9.95. The Bertz CT molecular complexity index is 3370. The van der Waals surface area contributed by atoms with E-state index in [2.05, 4.69) is 64.6 Å². The van der Waals surface area contributed by atoms with E-state index < -0.39 is 95.4 Å². The van der Waals surface area contributed by atoms with Gasteiger partial charge in [0, 0.05) is 47.9 Å². The number of halogens is 12. The number of cyclic esters (lactones) is 1. The molecule has 4 aromatic rings. The number of benzene rings is 4. The molecule has 1 fully saturated rings. The van der Waals surface area contributed by atoms with Crippen molar-refractivity contribution in [2.24, 2.45) is 64.6 Å². The highest BCUT2D eigenvalue weighted by molar-refractivity contribution is 5.79. The summed E-state index contributed by atoms with van der Waals surface area (Å²) in [5.41, 5.74) is -6.94. The van der Waals surface area contributed by atoms with E-state index in [-0.39, 0.29) is 78.1 Å². The monoisotopic (exact) mass is 1340 g/mol. The number of carbonyl (C=O) groups is 4. The van der Waals surface area contributed by atoms with Crippen LogP contribution in [-0.4, -0.2) is 98.3 Å². The molecule has 0 saturated carbocycles. The van der Waals surface area contributed by atoms with E-state index in [1.54, 1.807) is 24.3 Å². The molecule has 0 bridgehead atoms. The zero-order valence-electron chi connectivity index (χ0n) is 50.0. The number of ether oxygens (including phenoxy) is 1. The van der Waals surface area contributed by atoms with E-state index >= 15 is 0 Å². The van der Waals surface area contributed by atoms with Crippen LogP contribution in [0.15, 0.2) is 138 Å². The van der Waals surface area contributed by atoms with Crippen LogP contribution in [0, 0.1) is 73.0 Å². The Kier molecular flexibility index (Phi) is 23.9. The van der Waals surface area contributed by atoms with Crippen molar-refractivity contribution in [3.05, 3.63) is 142 Å². The van der Waals surface area contributed by atoms with Crippen molar-refractivity contribution < 1.29 is 102 Å². The van der Waals surface area contributed by atoms with E-state index in [4.69, 9.17) is 40.6 Å². The predicted octanol–water partition coefficient (Wildman–Crippen LogP) is 12.5. The van der Waals surface area contributed by atoms with Crippen LogP contribution in [-0.2, 0) is 72.2 Å². The zero-order valence-corrected chi connectivity index (χ0v) is 50.0. The normalized spacial score (nSPS) is 19.4. The van der Waals surface area contributed by atoms with Gasteiger partial charge in [-0.1, -0.05) is 97.1 Å². The zero-order chi connectivity index (χ0) is 70.5. The summed E-state index contributed by atoms with van der Waals surface area (Å²) in [5, 5.41) is 73.0. The minimum atomic E-state index is -4.57. The lowest BCUT2D eigenvalue weighted by Crippen LogP contribution is -2.45.